The fraction of sp³-hybridized carbons (Fsp3) is 0.632. The van der Waals surface area contributed by atoms with Crippen LogP contribution in [0.15, 0.2) is 30.3 Å². The third kappa shape index (κ3) is 5.44. The second-order valence-corrected chi connectivity index (χ2v) is 9.29. The summed E-state index contributed by atoms with van der Waals surface area (Å²) in [5.74, 6) is -0.0879. The van der Waals surface area contributed by atoms with E-state index >= 15 is 0 Å². The van der Waals surface area contributed by atoms with Gasteiger partial charge in [-0.25, -0.2) is 12.7 Å². The van der Waals surface area contributed by atoms with Crippen molar-refractivity contribution in [2.24, 2.45) is 5.92 Å². The van der Waals surface area contributed by atoms with Crippen molar-refractivity contribution in [3.8, 4) is 0 Å². The highest BCUT2D eigenvalue weighted by atomic mass is 35.5. The first-order valence-electron chi connectivity index (χ1n) is 9.48. The Kier molecular flexibility index (Phi) is 8.09. The zero-order valence-electron chi connectivity index (χ0n) is 15.8. The van der Waals surface area contributed by atoms with E-state index < -0.39 is 10.0 Å². The first-order valence-corrected chi connectivity index (χ1v) is 11.1. The maximum atomic E-state index is 13.0. The number of sulfonamides is 1. The first kappa shape index (κ1) is 22.1. The normalized spacial score (nSPS) is 23.8. The van der Waals surface area contributed by atoms with Gasteiger partial charge in [0.2, 0.25) is 15.9 Å². The van der Waals surface area contributed by atoms with Gasteiger partial charge in [0.15, 0.2) is 0 Å². The van der Waals surface area contributed by atoms with Crippen LogP contribution >= 0.6 is 12.4 Å². The van der Waals surface area contributed by atoms with E-state index in [4.69, 9.17) is 0 Å². The molecule has 2 heterocycles. The lowest BCUT2D eigenvalue weighted by Gasteiger charge is -2.35. The Hall–Kier alpha value is -1.15. The highest BCUT2D eigenvalue weighted by Gasteiger charge is 2.37. The number of hydrogen-bond donors (Lipinski definition) is 1. The molecule has 1 amide bonds. The van der Waals surface area contributed by atoms with Gasteiger partial charge < -0.3 is 10.2 Å². The summed E-state index contributed by atoms with van der Waals surface area (Å²) in [6.07, 6.45) is 3.57. The molecule has 0 aromatic heterocycles. The van der Waals surface area contributed by atoms with E-state index in [1.807, 2.05) is 42.3 Å². The van der Waals surface area contributed by atoms with Crippen LogP contribution < -0.4 is 5.32 Å². The SMILES string of the molecule is CNCC1CCCN1C(=O)C1CCCN(S(=O)(=O)Cc2ccccc2)C1.Cl. The van der Waals surface area contributed by atoms with Crippen LogP contribution in [-0.2, 0) is 20.6 Å². The Bertz CT molecular complexity index is 714. The van der Waals surface area contributed by atoms with Gasteiger partial charge in [-0.3, -0.25) is 4.79 Å². The molecule has 0 spiro atoms. The molecular weight excluding hydrogens is 386 g/mol. The third-order valence-electron chi connectivity index (χ3n) is 5.42. The summed E-state index contributed by atoms with van der Waals surface area (Å²) in [4.78, 5) is 15.0. The minimum Gasteiger partial charge on any atom is -0.338 e. The van der Waals surface area contributed by atoms with Gasteiger partial charge in [-0.05, 0) is 38.3 Å². The summed E-state index contributed by atoms with van der Waals surface area (Å²) < 4.78 is 27.1. The molecule has 2 aliphatic heterocycles. The number of likely N-dealkylation sites (tertiary alicyclic amines) is 1. The zero-order valence-corrected chi connectivity index (χ0v) is 17.5. The monoisotopic (exact) mass is 415 g/mol. The molecule has 2 aliphatic rings. The van der Waals surface area contributed by atoms with Crippen LogP contribution in [0.1, 0.15) is 31.2 Å². The number of carbonyl (C=O) groups excluding carboxylic acids is 1. The number of nitrogens with one attached hydrogen (secondary N) is 1. The molecular formula is C19H30ClN3O3S. The lowest BCUT2D eigenvalue weighted by Crippen LogP contribution is -2.49. The fourth-order valence-corrected chi connectivity index (χ4v) is 5.69. The predicted octanol–water partition coefficient (Wildman–Crippen LogP) is 1.86. The summed E-state index contributed by atoms with van der Waals surface area (Å²) in [6.45, 7) is 2.42. The highest BCUT2D eigenvalue weighted by Crippen LogP contribution is 2.26. The Balaban J connectivity index is 0.00000261. The largest absolute Gasteiger partial charge is 0.338 e. The standard InChI is InChI=1S/C19H29N3O3S.ClH/c1-20-13-18-10-6-12-22(18)19(23)17-9-5-11-21(14-17)26(24,25)15-16-7-3-2-4-8-16;/h2-4,7-8,17-18,20H,5-6,9-15H2,1H3;1H. The van der Waals surface area contributed by atoms with Crippen LogP contribution in [0.25, 0.3) is 0 Å². The number of benzene rings is 1. The average Bonchev–Trinajstić information content (AvgIpc) is 3.10. The minimum atomic E-state index is -3.40. The maximum absolute atomic E-state index is 13.0. The van der Waals surface area contributed by atoms with Crippen molar-refractivity contribution in [2.45, 2.75) is 37.5 Å². The molecule has 1 aromatic carbocycles. The molecule has 0 radical (unpaired) electrons. The summed E-state index contributed by atoms with van der Waals surface area (Å²) >= 11 is 0. The lowest BCUT2D eigenvalue weighted by atomic mass is 9.97. The quantitative estimate of drug-likeness (QED) is 0.769. The molecule has 6 nitrogen and oxygen atoms in total. The summed E-state index contributed by atoms with van der Waals surface area (Å²) in [5.41, 5.74) is 0.787. The van der Waals surface area contributed by atoms with E-state index in [9.17, 15) is 13.2 Å². The van der Waals surface area contributed by atoms with Gasteiger partial charge in [0.25, 0.3) is 0 Å². The number of hydrogen-bond acceptors (Lipinski definition) is 4. The van der Waals surface area contributed by atoms with Crippen molar-refractivity contribution in [1.29, 1.82) is 0 Å². The molecule has 2 saturated heterocycles. The zero-order chi connectivity index (χ0) is 18.6. The number of likely N-dealkylation sites (N-methyl/N-ethyl adjacent to an activating group) is 1. The van der Waals surface area contributed by atoms with E-state index in [0.717, 1.165) is 44.3 Å². The van der Waals surface area contributed by atoms with Crippen molar-refractivity contribution in [3.63, 3.8) is 0 Å². The van der Waals surface area contributed by atoms with E-state index in [-0.39, 0.29) is 36.0 Å². The van der Waals surface area contributed by atoms with Crippen molar-refractivity contribution in [1.82, 2.24) is 14.5 Å². The molecule has 2 unspecified atom stereocenters. The second kappa shape index (κ2) is 9.87. The Labute approximate surface area is 168 Å². The molecule has 1 aromatic rings. The van der Waals surface area contributed by atoms with Crippen LogP contribution in [0.5, 0.6) is 0 Å². The van der Waals surface area contributed by atoms with Gasteiger partial charge in [0.1, 0.15) is 0 Å². The average molecular weight is 416 g/mol. The molecule has 0 bridgehead atoms. The molecule has 152 valence electrons. The fourth-order valence-electron chi connectivity index (χ4n) is 4.08. The van der Waals surface area contributed by atoms with E-state index in [0.29, 0.717) is 13.1 Å². The molecule has 3 rings (SSSR count). The van der Waals surface area contributed by atoms with Gasteiger partial charge in [0, 0.05) is 32.2 Å². The van der Waals surface area contributed by atoms with Gasteiger partial charge in [-0.2, -0.15) is 0 Å². The molecule has 8 heteroatoms. The third-order valence-corrected chi connectivity index (χ3v) is 7.24. The van der Waals surface area contributed by atoms with Crippen molar-refractivity contribution >= 4 is 28.3 Å². The van der Waals surface area contributed by atoms with Gasteiger partial charge in [-0.15, -0.1) is 12.4 Å². The Morgan fingerprint density at radius 2 is 1.85 bits per heavy atom. The van der Waals surface area contributed by atoms with Crippen LogP contribution in [0, 0.1) is 5.92 Å². The molecule has 27 heavy (non-hydrogen) atoms. The highest BCUT2D eigenvalue weighted by molar-refractivity contribution is 7.88. The Morgan fingerprint density at radius 1 is 1.15 bits per heavy atom. The Morgan fingerprint density at radius 3 is 2.56 bits per heavy atom. The summed E-state index contributed by atoms with van der Waals surface area (Å²) in [7, 11) is -1.50. The smallest absolute Gasteiger partial charge is 0.227 e. The van der Waals surface area contributed by atoms with Crippen molar-refractivity contribution in [2.75, 3.05) is 33.2 Å². The van der Waals surface area contributed by atoms with Crippen LogP contribution in [-0.4, -0.2) is 62.8 Å². The van der Waals surface area contributed by atoms with Crippen LogP contribution in [0.2, 0.25) is 0 Å². The van der Waals surface area contributed by atoms with Crippen LogP contribution in [0.3, 0.4) is 0 Å². The number of piperidine rings is 1. The molecule has 2 atom stereocenters. The number of rotatable bonds is 6. The molecule has 1 N–H and O–H groups in total. The summed E-state index contributed by atoms with van der Waals surface area (Å²) in [6, 6.07) is 9.48. The number of carbonyl (C=O) groups is 1. The van der Waals surface area contributed by atoms with E-state index in [1.54, 1.807) is 0 Å². The van der Waals surface area contributed by atoms with Crippen LogP contribution in [0.4, 0.5) is 0 Å². The van der Waals surface area contributed by atoms with Crippen molar-refractivity contribution < 1.29 is 13.2 Å². The first-order chi connectivity index (χ1) is 12.5. The number of nitrogens with zero attached hydrogens (tertiary/aromatic N) is 2. The van der Waals surface area contributed by atoms with Gasteiger partial charge in [0.05, 0.1) is 11.7 Å². The number of amides is 1. The molecule has 2 fully saturated rings. The maximum Gasteiger partial charge on any atom is 0.227 e. The lowest BCUT2D eigenvalue weighted by molar-refractivity contribution is -0.137. The topological polar surface area (TPSA) is 69.7 Å². The van der Waals surface area contributed by atoms with E-state index in [1.165, 1.54) is 4.31 Å². The summed E-state index contributed by atoms with van der Waals surface area (Å²) in [5, 5.41) is 3.16. The predicted molar refractivity (Wildman–Crippen MR) is 109 cm³/mol. The second-order valence-electron chi connectivity index (χ2n) is 7.32. The number of halogens is 1. The minimum absolute atomic E-state index is 0. The molecule has 0 saturated carbocycles. The van der Waals surface area contributed by atoms with E-state index in [2.05, 4.69) is 5.32 Å². The van der Waals surface area contributed by atoms with Gasteiger partial charge in [-0.1, -0.05) is 30.3 Å². The molecule has 0 aliphatic carbocycles. The van der Waals surface area contributed by atoms with Crippen molar-refractivity contribution in [3.05, 3.63) is 35.9 Å². The van der Waals surface area contributed by atoms with Gasteiger partial charge >= 0.3 is 0 Å².